The lowest BCUT2D eigenvalue weighted by Gasteiger charge is -2.25. The van der Waals surface area contributed by atoms with E-state index in [9.17, 15) is 9.18 Å². The van der Waals surface area contributed by atoms with Crippen LogP contribution < -0.4 is 5.32 Å². The van der Waals surface area contributed by atoms with Crippen LogP contribution in [0.15, 0.2) is 30.9 Å². The van der Waals surface area contributed by atoms with E-state index < -0.39 is 5.82 Å². The number of imidazole rings is 1. The van der Waals surface area contributed by atoms with E-state index in [1.54, 1.807) is 10.7 Å². The van der Waals surface area contributed by atoms with E-state index in [1.165, 1.54) is 24.8 Å². The number of amides is 1. The first-order chi connectivity index (χ1) is 13.5. The number of aryl methyl sites for hydroxylation is 1. The van der Waals surface area contributed by atoms with Crippen LogP contribution in [0.2, 0.25) is 5.02 Å². The third-order valence-electron chi connectivity index (χ3n) is 4.84. The van der Waals surface area contributed by atoms with E-state index in [1.807, 2.05) is 6.92 Å². The number of hydrogen-bond donors (Lipinski definition) is 2. The lowest BCUT2D eigenvalue weighted by atomic mass is 9.86. The molecule has 0 aliphatic carbocycles. The Balaban J connectivity index is 1.73. The second kappa shape index (κ2) is 6.10. The number of halogens is 2. The molecule has 140 valence electrons. The van der Waals surface area contributed by atoms with E-state index >= 15 is 0 Å². The minimum absolute atomic E-state index is 0.186. The van der Waals surface area contributed by atoms with Crippen molar-refractivity contribution in [2.75, 3.05) is 5.32 Å². The summed E-state index contributed by atoms with van der Waals surface area (Å²) < 4.78 is 15.1. The number of H-pyrrole nitrogens is 1. The van der Waals surface area contributed by atoms with Crippen LogP contribution in [0.5, 0.6) is 0 Å². The molecule has 0 saturated carbocycles. The first-order valence-corrected chi connectivity index (χ1v) is 8.89. The van der Waals surface area contributed by atoms with Gasteiger partial charge in [0.05, 0.1) is 12.0 Å². The van der Waals surface area contributed by atoms with Gasteiger partial charge in [0.25, 0.3) is 0 Å². The van der Waals surface area contributed by atoms with Crippen LogP contribution in [0, 0.1) is 12.7 Å². The fourth-order valence-electron chi connectivity index (χ4n) is 3.66. The largest absolute Gasteiger partial charge is 0.340 e. The van der Waals surface area contributed by atoms with Gasteiger partial charge in [0.2, 0.25) is 5.91 Å². The van der Waals surface area contributed by atoms with Gasteiger partial charge in [-0.2, -0.15) is 9.78 Å². The molecule has 1 aliphatic heterocycles. The van der Waals surface area contributed by atoms with E-state index in [-0.39, 0.29) is 23.3 Å². The molecule has 2 N–H and O–H groups in total. The summed E-state index contributed by atoms with van der Waals surface area (Å²) in [6.45, 7) is 1.85. The molecule has 5 rings (SSSR count). The van der Waals surface area contributed by atoms with Crippen LogP contribution in [-0.2, 0) is 4.79 Å². The average molecular weight is 398 g/mol. The number of aromatic nitrogens is 6. The van der Waals surface area contributed by atoms with Crippen LogP contribution in [0.1, 0.15) is 29.2 Å². The fourth-order valence-corrected chi connectivity index (χ4v) is 3.96. The normalized spacial score (nSPS) is 16.2. The van der Waals surface area contributed by atoms with Crippen molar-refractivity contribution in [3.63, 3.8) is 0 Å². The summed E-state index contributed by atoms with van der Waals surface area (Å²) in [6, 6.07) is 4.20. The molecule has 0 radical (unpaired) electrons. The fraction of sp³-hybridized carbons (Fsp3) is 0.167. The quantitative estimate of drug-likeness (QED) is 0.541. The van der Waals surface area contributed by atoms with Crippen molar-refractivity contribution in [2.45, 2.75) is 19.3 Å². The Labute approximate surface area is 162 Å². The predicted octanol–water partition coefficient (Wildman–Crippen LogP) is 3.11. The lowest BCUT2D eigenvalue weighted by molar-refractivity contribution is -0.116. The summed E-state index contributed by atoms with van der Waals surface area (Å²) in [4.78, 5) is 28.0. The highest BCUT2D eigenvalue weighted by atomic mass is 35.5. The number of fused-ring (bicyclic) bond motifs is 2. The van der Waals surface area contributed by atoms with E-state index in [2.05, 4.69) is 30.4 Å². The van der Waals surface area contributed by atoms with Crippen LogP contribution in [0.25, 0.3) is 17.0 Å². The summed E-state index contributed by atoms with van der Waals surface area (Å²) in [6.07, 6.45) is 3.10. The number of carbonyl (C=O) groups excluding carboxylic acids is 1. The molecular weight excluding hydrogens is 385 g/mol. The van der Waals surface area contributed by atoms with E-state index in [4.69, 9.17) is 11.6 Å². The molecule has 8 nitrogen and oxygen atoms in total. The van der Waals surface area contributed by atoms with Gasteiger partial charge in [-0.25, -0.2) is 19.3 Å². The number of nitrogens with one attached hydrogen (secondary N) is 2. The number of nitrogens with zero attached hydrogens (tertiary/aromatic N) is 5. The Morgan fingerprint density at radius 3 is 2.96 bits per heavy atom. The Hall–Kier alpha value is -3.33. The first-order valence-electron chi connectivity index (χ1n) is 8.51. The van der Waals surface area contributed by atoms with Crippen molar-refractivity contribution in [3.8, 4) is 5.82 Å². The molecule has 28 heavy (non-hydrogen) atoms. The zero-order chi connectivity index (χ0) is 19.4. The molecule has 0 bridgehead atoms. The third-order valence-corrected chi connectivity index (χ3v) is 5.17. The molecule has 1 aromatic carbocycles. The monoisotopic (exact) mass is 397 g/mol. The Bertz CT molecular complexity index is 1250. The molecule has 4 heterocycles. The minimum atomic E-state index is -0.427. The van der Waals surface area contributed by atoms with Gasteiger partial charge in [0.15, 0.2) is 11.5 Å². The van der Waals surface area contributed by atoms with Gasteiger partial charge in [-0.15, -0.1) is 0 Å². The Morgan fingerprint density at radius 2 is 2.14 bits per heavy atom. The summed E-state index contributed by atoms with van der Waals surface area (Å²) in [5.41, 5.74) is 3.30. The number of carbonyl (C=O) groups is 1. The van der Waals surface area contributed by atoms with E-state index in [0.717, 1.165) is 5.56 Å². The molecule has 0 fully saturated rings. The van der Waals surface area contributed by atoms with E-state index in [0.29, 0.717) is 34.1 Å². The molecule has 10 heteroatoms. The SMILES string of the molecule is Cc1nn(-c2ncnc3nc[nH]c23)c2c1[C@H](c1ccc(F)cc1Cl)CC(=O)N2. The van der Waals surface area contributed by atoms with Crippen LogP contribution in [0.3, 0.4) is 0 Å². The number of rotatable bonds is 2. The van der Waals surface area contributed by atoms with Crippen LogP contribution in [-0.4, -0.2) is 35.6 Å². The molecule has 1 aliphatic rings. The molecule has 0 unspecified atom stereocenters. The summed E-state index contributed by atoms with van der Waals surface area (Å²) in [5.74, 6) is 0.0228. The molecule has 0 spiro atoms. The molecule has 1 atom stereocenters. The summed E-state index contributed by atoms with van der Waals surface area (Å²) in [5, 5.41) is 7.76. The maximum atomic E-state index is 13.5. The van der Waals surface area contributed by atoms with Crippen LogP contribution >= 0.6 is 11.6 Å². The number of aromatic amines is 1. The predicted molar refractivity (Wildman–Crippen MR) is 100 cm³/mol. The van der Waals surface area contributed by atoms with Gasteiger partial charge >= 0.3 is 0 Å². The van der Waals surface area contributed by atoms with Gasteiger partial charge in [0, 0.05) is 22.9 Å². The maximum Gasteiger partial charge on any atom is 0.226 e. The smallest absolute Gasteiger partial charge is 0.226 e. The highest BCUT2D eigenvalue weighted by Crippen LogP contribution is 2.42. The van der Waals surface area contributed by atoms with Gasteiger partial charge < -0.3 is 10.3 Å². The number of hydrogen-bond acceptors (Lipinski definition) is 5. The second-order valence-corrected chi connectivity index (χ2v) is 6.94. The molecule has 1 amide bonds. The van der Waals surface area contributed by atoms with Gasteiger partial charge in [-0.05, 0) is 24.6 Å². The van der Waals surface area contributed by atoms with Gasteiger partial charge in [0.1, 0.15) is 23.5 Å². The third kappa shape index (κ3) is 2.47. The second-order valence-electron chi connectivity index (χ2n) is 6.53. The lowest BCUT2D eigenvalue weighted by Crippen LogP contribution is -2.25. The zero-order valence-electron chi connectivity index (χ0n) is 14.6. The van der Waals surface area contributed by atoms with Gasteiger partial charge in [-0.1, -0.05) is 17.7 Å². The van der Waals surface area contributed by atoms with Crippen molar-refractivity contribution < 1.29 is 9.18 Å². The average Bonchev–Trinajstić information content (AvgIpc) is 3.26. The first kappa shape index (κ1) is 16.8. The van der Waals surface area contributed by atoms with Crippen LogP contribution in [0.4, 0.5) is 10.2 Å². The highest BCUT2D eigenvalue weighted by Gasteiger charge is 2.34. The Morgan fingerprint density at radius 1 is 1.29 bits per heavy atom. The molecule has 0 saturated heterocycles. The molecule has 4 aromatic rings. The minimum Gasteiger partial charge on any atom is -0.340 e. The number of benzene rings is 1. The molecular formula is C18H13ClFN7O. The standard InChI is InChI=1S/C18H13ClFN7O/c1-8-14-11(10-3-2-9(20)4-12(10)19)5-13(28)25-17(14)27(26-8)18-15-16(22-6-21-15)23-7-24-18/h2-4,6-7,11H,5H2,1H3,(H,25,28)(H,21,22,23,24)/t11-/m0/s1. The maximum absolute atomic E-state index is 13.5. The summed E-state index contributed by atoms with van der Waals surface area (Å²) >= 11 is 6.28. The van der Waals surface area contributed by atoms with Gasteiger partial charge in [-0.3, -0.25) is 4.79 Å². The van der Waals surface area contributed by atoms with Crippen molar-refractivity contribution >= 4 is 34.5 Å². The topological polar surface area (TPSA) is 101 Å². The summed E-state index contributed by atoms with van der Waals surface area (Å²) in [7, 11) is 0. The number of anilines is 1. The van der Waals surface area contributed by atoms with Crippen molar-refractivity contribution in [1.82, 2.24) is 29.7 Å². The zero-order valence-corrected chi connectivity index (χ0v) is 15.3. The van der Waals surface area contributed by atoms with Crippen molar-refractivity contribution in [3.05, 3.63) is 58.5 Å². The highest BCUT2D eigenvalue weighted by molar-refractivity contribution is 6.31. The van der Waals surface area contributed by atoms with Crippen molar-refractivity contribution in [1.29, 1.82) is 0 Å². The Kier molecular flexibility index (Phi) is 3.66. The molecule has 3 aromatic heterocycles. The van der Waals surface area contributed by atoms with Crippen molar-refractivity contribution in [2.24, 2.45) is 0 Å².